The first-order valence-electron chi connectivity index (χ1n) is 5.70. The maximum absolute atomic E-state index is 12.2. The molecule has 1 heterocycles. The van der Waals surface area contributed by atoms with Gasteiger partial charge in [0.1, 0.15) is 6.04 Å². The Morgan fingerprint density at radius 2 is 1.95 bits per heavy atom. The van der Waals surface area contributed by atoms with Gasteiger partial charge in [0.25, 0.3) is 0 Å². The minimum Gasteiger partial charge on any atom is -0.279 e. The number of sulfonamides is 1. The summed E-state index contributed by atoms with van der Waals surface area (Å²) in [5.41, 5.74) is 0.558. The van der Waals surface area contributed by atoms with Gasteiger partial charge in [-0.25, -0.2) is 12.7 Å². The van der Waals surface area contributed by atoms with Gasteiger partial charge < -0.3 is 0 Å². The van der Waals surface area contributed by atoms with E-state index in [0.717, 1.165) is 0 Å². The molecule has 0 N–H and O–H groups in total. The number of halogens is 1. The predicted octanol–water partition coefficient (Wildman–Crippen LogP) is 1.27. The Morgan fingerprint density at radius 3 is 2.53 bits per heavy atom. The van der Waals surface area contributed by atoms with Crippen molar-refractivity contribution in [2.45, 2.75) is 24.6 Å². The third kappa shape index (κ3) is 2.96. The van der Waals surface area contributed by atoms with E-state index in [1.54, 1.807) is 30.3 Å². The summed E-state index contributed by atoms with van der Waals surface area (Å²) in [7, 11) is -3.88. The number of carbonyl (C=O) groups is 2. The molecule has 1 fully saturated rings. The Labute approximate surface area is 116 Å². The molecule has 1 saturated heterocycles. The van der Waals surface area contributed by atoms with Gasteiger partial charge in [0.2, 0.25) is 21.2 Å². The fourth-order valence-corrected chi connectivity index (χ4v) is 4.08. The van der Waals surface area contributed by atoms with Crippen LogP contribution in [-0.4, -0.2) is 29.9 Å². The zero-order valence-corrected chi connectivity index (χ0v) is 11.5. The molecule has 2 rings (SSSR count). The molecule has 0 bridgehead atoms. The lowest BCUT2D eigenvalue weighted by Crippen LogP contribution is -2.42. The van der Waals surface area contributed by atoms with Crippen LogP contribution in [0.5, 0.6) is 0 Å². The van der Waals surface area contributed by atoms with Crippen molar-refractivity contribution in [3.05, 3.63) is 35.9 Å². The van der Waals surface area contributed by atoms with E-state index >= 15 is 0 Å². The van der Waals surface area contributed by atoms with Crippen LogP contribution in [0.3, 0.4) is 0 Å². The zero-order chi connectivity index (χ0) is 14.0. The van der Waals surface area contributed by atoms with E-state index in [-0.39, 0.29) is 18.6 Å². The topological polar surface area (TPSA) is 71.5 Å². The molecule has 1 aromatic rings. The van der Waals surface area contributed by atoms with Crippen molar-refractivity contribution >= 4 is 32.8 Å². The lowest BCUT2D eigenvalue weighted by molar-refractivity contribution is -0.127. The van der Waals surface area contributed by atoms with E-state index < -0.39 is 27.2 Å². The molecular formula is C12H12ClNO4S. The molecule has 0 saturated carbocycles. The highest BCUT2D eigenvalue weighted by atomic mass is 35.5. The predicted molar refractivity (Wildman–Crippen MR) is 69.8 cm³/mol. The summed E-state index contributed by atoms with van der Waals surface area (Å²) in [6, 6.07) is 7.41. The fourth-order valence-electron chi connectivity index (χ4n) is 2.07. The third-order valence-electron chi connectivity index (χ3n) is 2.91. The molecule has 0 aliphatic carbocycles. The third-order valence-corrected chi connectivity index (χ3v) is 4.92. The van der Waals surface area contributed by atoms with Crippen LogP contribution in [0.4, 0.5) is 0 Å². The Morgan fingerprint density at radius 1 is 1.32 bits per heavy atom. The molecule has 5 nitrogen and oxygen atoms in total. The summed E-state index contributed by atoms with van der Waals surface area (Å²) in [5, 5.41) is -0.817. The molecule has 1 aliphatic rings. The summed E-state index contributed by atoms with van der Waals surface area (Å²) in [4.78, 5) is 22.9. The summed E-state index contributed by atoms with van der Waals surface area (Å²) in [6.45, 7) is 0. The number of carbonyl (C=O) groups excluding carboxylic acids is 2. The van der Waals surface area contributed by atoms with E-state index in [1.807, 2.05) is 0 Å². The van der Waals surface area contributed by atoms with Crippen LogP contribution in [0, 0.1) is 0 Å². The maximum atomic E-state index is 12.2. The van der Waals surface area contributed by atoms with E-state index in [0.29, 0.717) is 9.87 Å². The van der Waals surface area contributed by atoms with Crippen molar-refractivity contribution in [1.29, 1.82) is 0 Å². The van der Waals surface area contributed by atoms with Crippen molar-refractivity contribution in [1.82, 2.24) is 4.31 Å². The molecular weight excluding hydrogens is 290 g/mol. The van der Waals surface area contributed by atoms with E-state index in [9.17, 15) is 18.0 Å². The van der Waals surface area contributed by atoms with Crippen molar-refractivity contribution in [2.24, 2.45) is 0 Å². The first kappa shape index (κ1) is 14.0. The molecule has 1 aliphatic heterocycles. The Bertz CT molecular complexity index is 599. The summed E-state index contributed by atoms with van der Waals surface area (Å²) >= 11 is 5.36. The van der Waals surface area contributed by atoms with Crippen molar-refractivity contribution < 1.29 is 18.0 Å². The van der Waals surface area contributed by atoms with Crippen molar-refractivity contribution in [3.8, 4) is 0 Å². The van der Waals surface area contributed by atoms with Gasteiger partial charge in [-0.3, -0.25) is 9.59 Å². The molecule has 1 atom stereocenters. The van der Waals surface area contributed by atoms with Crippen LogP contribution in [0.2, 0.25) is 0 Å². The number of benzene rings is 1. The molecule has 7 heteroatoms. The molecule has 102 valence electrons. The highest BCUT2D eigenvalue weighted by Gasteiger charge is 2.42. The standard InChI is InChI=1S/C12H12ClNO4S/c13-12(16)10-6-7-11(15)14(10)19(17,18)8-9-4-2-1-3-5-9/h1-5,10H,6-8H2/t10-/m0/s1. The Hall–Kier alpha value is -1.40. The second kappa shape index (κ2) is 5.30. The van der Waals surface area contributed by atoms with E-state index in [1.165, 1.54) is 0 Å². The smallest absolute Gasteiger partial charge is 0.245 e. The second-order valence-corrected chi connectivity index (χ2v) is 6.51. The quantitative estimate of drug-likeness (QED) is 0.785. The highest BCUT2D eigenvalue weighted by Crippen LogP contribution is 2.26. The normalized spacial score (nSPS) is 19.7. The number of amides is 1. The Kier molecular flexibility index (Phi) is 3.91. The van der Waals surface area contributed by atoms with Gasteiger partial charge in [-0.05, 0) is 23.6 Å². The lowest BCUT2D eigenvalue weighted by Gasteiger charge is -2.21. The molecule has 0 unspecified atom stereocenters. The minimum atomic E-state index is -3.88. The van der Waals surface area contributed by atoms with Crippen LogP contribution in [0.25, 0.3) is 0 Å². The summed E-state index contributed by atoms with van der Waals surface area (Å²) < 4.78 is 25.1. The first-order chi connectivity index (χ1) is 8.92. The molecule has 0 spiro atoms. The van der Waals surface area contributed by atoms with Crippen LogP contribution in [0.1, 0.15) is 18.4 Å². The fraction of sp³-hybridized carbons (Fsp3) is 0.333. The number of hydrogen-bond acceptors (Lipinski definition) is 4. The monoisotopic (exact) mass is 301 g/mol. The average molecular weight is 302 g/mol. The van der Waals surface area contributed by atoms with Crippen LogP contribution in [0.15, 0.2) is 30.3 Å². The minimum absolute atomic E-state index is 0.0249. The second-order valence-electron chi connectivity index (χ2n) is 4.29. The van der Waals surface area contributed by atoms with Crippen molar-refractivity contribution in [2.75, 3.05) is 0 Å². The number of rotatable bonds is 4. The van der Waals surface area contributed by atoms with Gasteiger partial charge in [0.05, 0.1) is 5.75 Å². The SMILES string of the molecule is O=C(Cl)[C@@H]1CCC(=O)N1S(=O)(=O)Cc1ccccc1. The first-order valence-corrected chi connectivity index (χ1v) is 7.69. The number of hydrogen-bond donors (Lipinski definition) is 0. The van der Waals surface area contributed by atoms with Crippen LogP contribution >= 0.6 is 11.6 Å². The zero-order valence-electron chi connectivity index (χ0n) is 9.95. The van der Waals surface area contributed by atoms with Crippen LogP contribution in [-0.2, 0) is 25.4 Å². The number of nitrogens with zero attached hydrogens (tertiary/aromatic N) is 1. The molecule has 19 heavy (non-hydrogen) atoms. The van der Waals surface area contributed by atoms with Gasteiger partial charge in [-0.1, -0.05) is 30.3 Å². The van der Waals surface area contributed by atoms with E-state index in [2.05, 4.69) is 0 Å². The summed E-state index contributed by atoms with van der Waals surface area (Å²) in [5.74, 6) is -0.893. The maximum Gasteiger partial charge on any atom is 0.245 e. The van der Waals surface area contributed by atoms with Gasteiger partial charge >= 0.3 is 0 Å². The molecule has 0 radical (unpaired) electrons. The van der Waals surface area contributed by atoms with E-state index in [4.69, 9.17) is 11.6 Å². The van der Waals surface area contributed by atoms with Crippen LogP contribution < -0.4 is 0 Å². The average Bonchev–Trinajstić information content (AvgIpc) is 2.73. The van der Waals surface area contributed by atoms with Gasteiger partial charge in [-0.15, -0.1) is 0 Å². The van der Waals surface area contributed by atoms with Gasteiger partial charge in [-0.2, -0.15) is 0 Å². The van der Waals surface area contributed by atoms with Crippen molar-refractivity contribution in [3.63, 3.8) is 0 Å². The molecule has 0 aromatic heterocycles. The highest BCUT2D eigenvalue weighted by molar-refractivity contribution is 7.88. The van der Waals surface area contributed by atoms with Gasteiger partial charge in [0.15, 0.2) is 0 Å². The summed E-state index contributed by atoms with van der Waals surface area (Å²) in [6.07, 6.45) is 0.173. The Balaban J connectivity index is 2.28. The molecule has 1 amide bonds. The molecule has 1 aromatic carbocycles. The van der Waals surface area contributed by atoms with Gasteiger partial charge in [0, 0.05) is 6.42 Å². The lowest BCUT2D eigenvalue weighted by atomic mass is 10.2. The largest absolute Gasteiger partial charge is 0.279 e.